The van der Waals surface area contributed by atoms with Crippen molar-refractivity contribution in [2.75, 3.05) is 35.8 Å². The Balaban J connectivity index is 1.28. The quantitative estimate of drug-likeness (QED) is 0.0291. The van der Waals surface area contributed by atoms with Crippen molar-refractivity contribution in [2.45, 2.75) is 97.9 Å². The van der Waals surface area contributed by atoms with E-state index in [-0.39, 0.29) is 42.5 Å². The number of aliphatic hydroxyl groups is 1. The molecule has 2 heterocycles. The van der Waals surface area contributed by atoms with Crippen molar-refractivity contribution in [1.29, 1.82) is 0 Å². The molecule has 0 aliphatic rings. The number of furan rings is 1. The molecule has 0 bridgehead atoms. The molecule has 0 saturated heterocycles. The summed E-state index contributed by atoms with van der Waals surface area (Å²) in [6.45, 7) is 6.59. The lowest BCUT2D eigenvalue weighted by Gasteiger charge is -2.16. The lowest BCUT2D eigenvalue weighted by atomic mass is 10.0. The Morgan fingerprint density at radius 2 is 1.62 bits per heavy atom. The van der Waals surface area contributed by atoms with E-state index < -0.39 is 11.5 Å². The SMILES string of the molecule is CCCCCCCCCCCCc1ccccc1OCNc1ccc(Cl)c(NC(=O)/C(=N\c2ccc(NCC)cc2C)c2nc3occc3c(=O)n2CCO)c1. The first-order valence-corrected chi connectivity index (χ1v) is 20.3. The number of hydrogen-bond donors (Lipinski definition) is 4. The van der Waals surface area contributed by atoms with Crippen molar-refractivity contribution in [1.82, 2.24) is 9.55 Å². The molecule has 4 N–H and O–H groups in total. The summed E-state index contributed by atoms with van der Waals surface area (Å²) < 4.78 is 12.9. The molecule has 0 spiro atoms. The van der Waals surface area contributed by atoms with Gasteiger partial charge in [0.25, 0.3) is 11.5 Å². The maximum Gasteiger partial charge on any atom is 0.278 e. The Hall–Kier alpha value is -5.13. The number of ether oxygens (including phenoxy) is 1. The van der Waals surface area contributed by atoms with Gasteiger partial charge < -0.3 is 30.2 Å². The summed E-state index contributed by atoms with van der Waals surface area (Å²) in [5, 5.41) is 19.8. The molecular formula is C44H55ClN6O5. The van der Waals surface area contributed by atoms with Crippen LogP contribution in [0.2, 0.25) is 5.02 Å². The van der Waals surface area contributed by atoms with Crippen molar-refractivity contribution < 1.29 is 19.1 Å². The number of unbranched alkanes of at least 4 members (excludes halogenated alkanes) is 9. The summed E-state index contributed by atoms with van der Waals surface area (Å²) in [5.74, 6) is 0.110. The normalized spacial score (nSPS) is 11.6. The largest absolute Gasteiger partial charge is 0.473 e. The molecule has 56 heavy (non-hydrogen) atoms. The highest BCUT2D eigenvalue weighted by Gasteiger charge is 2.24. The van der Waals surface area contributed by atoms with Crippen LogP contribution >= 0.6 is 11.6 Å². The first kappa shape index (κ1) is 42.0. The molecular weight excluding hydrogens is 728 g/mol. The van der Waals surface area contributed by atoms with Gasteiger partial charge >= 0.3 is 0 Å². The van der Waals surface area contributed by atoms with E-state index >= 15 is 0 Å². The van der Waals surface area contributed by atoms with Gasteiger partial charge in [-0.15, -0.1) is 0 Å². The highest BCUT2D eigenvalue weighted by Crippen LogP contribution is 2.28. The molecule has 11 nitrogen and oxygen atoms in total. The number of aryl methyl sites for hydroxylation is 2. The molecule has 5 rings (SSSR count). The Kier molecular flexibility index (Phi) is 16.4. The summed E-state index contributed by atoms with van der Waals surface area (Å²) >= 11 is 6.62. The van der Waals surface area contributed by atoms with Gasteiger partial charge in [-0.2, -0.15) is 4.98 Å². The van der Waals surface area contributed by atoms with Crippen molar-refractivity contribution in [2.24, 2.45) is 4.99 Å². The average molecular weight is 783 g/mol. The summed E-state index contributed by atoms with van der Waals surface area (Å²) in [6, 6.07) is 20.4. The molecule has 0 saturated carbocycles. The number of anilines is 3. The fourth-order valence-corrected chi connectivity index (χ4v) is 6.78. The smallest absolute Gasteiger partial charge is 0.278 e. The van der Waals surface area contributed by atoms with Gasteiger partial charge in [0.1, 0.15) is 11.1 Å². The van der Waals surface area contributed by atoms with Crippen LogP contribution in [-0.2, 0) is 17.8 Å². The number of halogens is 1. The van der Waals surface area contributed by atoms with E-state index in [0.29, 0.717) is 22.1 Å². The van der Waals surface area contributed by atoms with Gasteiger partial charge in [0.15, 0.2) is 18.3 Å². The highest BCUT2D eigenvalue weighted by atomic mass is 35.5. The van der Waals surface area contributed by atoms with Crippen LogP contribution in [0.4, 0.5) is 22.7 Å². The summed E-state index contributed by atoms with van der Waals surface area (Å²) in [6.07, 6.45) is 15.3. The minimum Gasteiger partial charge on any atom is -0.473 e. The lowest BCUT2D eigenvalue weighted by molar-refractivity contribution is -0.110. The Morgan fingerprint density at radius 1 is 0.911 bits per heavy atom. The van der Waals surface area contributed by atoms with Gasteiger partial charge in [-0.25, -0.2) is 4.99 Å². The van der Waals surface area contributed by atoms with E-state index in [9.17, 15) is 14.7 Å². The molecule has 0 atom stereocenters. The van der Waals surface area contributed by atoms with E-state index in [1.165, 1.54) is 80.2 Å². The van der Waals surface area contributed by atoms with Gasteiger partial charge in [0.2, 0.25) is 5.71 Å². The number of nitrogens with zero attached hydrogens (tertiary/aromatic N) is 3. The lowest BCUT2D eigenvalue weighted by Crippen LogP contribution is -2.34. The zero-order valence-corrected chi connectivity index (χ0v) is 33.6. The van der Waals surface area contributed by atoms with Gasteiger partial charge in [0, 0.05) is 17.9 Å². The molecule has 2 aromatic heterocycles. The van der Waals surface area contributed by atoms with E-state index in [0.717, 1.165) is 36.4 Å². The van der Waals surface area contributed by atoms with Crippen molar-refractivity contribution in [3.8, 4) is 5.75 Å². The third-order valence-corrected chi connectivity index (χ3v) is 9.96. The van der Waals surface area contributed by atoms with Crippen LogP contribution in [0.15, 0.2) is 87.2 Å². The second-order valence-electron chi connectivity index (χ2n) is 13.9. The topological polar surface area (TPSA) is 143 Å². The first-order valence-electron chi connectivity index (χ1n) is 19.9. The van der Waals surface area contributed by atoms with Crippen molar-refractivity contribution in [3.05, 3.63) is 105 Å². The molecule has 0 aliphatic carbocycles. The summed E-state index contributed by atoms with van der Waals surface area (Å²) in [5.41, 5.74) is 3.76. The monoisotopic (exact) mass is 782 g/mol. The Morgan fingerprint density at radius 3 is 2.36 bits per heavy atom. The van der Waals surface area contributed by atoms with Gasteiger partial charge in [-0.1, -0.05) is 94.5 Å². The first-order chi connectivity index (χ1) is 27.3. The maximum absolute atomic E-state index is 14.2. The maximum atomic E-state index is 14.2. The van der Waals surface area contributed by atoms with Crippen LogP contribution in [0.1, 0.15) is 95.0 Å². The van der Waals surface area contributed by atoms with E-state index in [1.807, 2.05) is 44.2 Å². The predicted molar refractivity (Wildman–Crippen MR) is 228 cm³/mol. The standard InChI is InChI=1S/C44H55ClN6O5/c1-4-6-7-8-9-10-11-12-13-14-17-32-18-15-16-19-39(32)56-30-47-34-20-22-36(45)38(29-34)49-42(53)40(48-37-23-21-33(46-5-2)28-31(37)3)41-50-43-35(24-27-55-43)44(54)51(41)25-26-52/h15-16,18-24,27-29,46-47,52H,4-14,17,25-26,30H2,1-3H3,(H,49,53)/b48-40-. The number of para-hydroxylation sites is 1. The number of aliphatic hydroxyl groups excluding tert-OH is 1. The molecule has 1 amide bonds. The third-order valence-electron chi connectivity index (χ3n) is 9.63. The van der Waals surface area contributed by atoms with Crippen LogP contribution in [0.25, 0.3) is 11.1 Å². The fraction of sp³-hybridized carbons (Fsp3) is 0.409. The highest BCUT2D eigenvalue weighted by molar-refractivity contribution is 6.49. The number of aliphatic imine (C=N–C) groups is 1. The summed E-state index contributed by atoms with van der Waals surface area (Å²) in [4.78, 5) is 37.0. The summed E-state index contributed by atoms with van der Waals surface area (Å²) in [7, 11) is 0. The minimum atomic E-state index is -0.666. The van der Waals surface area contributed by atoms with Crippen LogP contribution in [0.3, 0.4) is 0 Å². The molecule has 0 aliphatic heterocycles. The van der Waals surface area contributed by atoms with Crippen LogP contribution < -0.4 is 26.2 Å². The molecule has 3 aromatic carbocycles. The van der Waals surface area contributed by atoms with Crippen molar-refractivity contribution in [3.63, 3.8) is 0 Å². The Bertz CT molecular complexity index is 2130. The van der Waals surface area contributed by atoms with Gasteiger partial charge in [-0.3, -0.25) is 14.2 Å². The number of fused-ring (bicyclic) bond motifs is 1. The van der Waals surface area contributed by atoms with E-state index in [2.05, 4.69) is 33.9 Å². The predicted octanol–water partition coefficient (Wildman–Crippen LogP) is 10.0. The van der Waals surface area contributed by atoms with Gasteiger partial charge in [-0.05, 0) is 86.3 Å². The number of aromatic nitrogens is 2. The van der Waals surface area contributed by atoms with E-state index in [1.54, 1.807) is 24.3 Å². The van der Waals surface area contributed by atoms with E-state index in [4.69, 9.17) is 25.7 Å². The Labute approximate surface area is 334 Å². The zero-order valence-electron chi connectivity index (χ0n) is 32.8. The minimum absolute atomic E-state index is 0.0493. The number of carbonyl (C=O) groups excluding carboxylic acids is 1. The molecule has 298 valence electrons. The van der Waals surface area contributed by atoms with Gasteiger partial charge in [0.05, 0.1) is 35.8 Å². The van der Waals surface area contributed by atoms with Crippen LogP contribution in [0, 0.1) is 6.92 Å². The molecule has 5 aromatic rings. The average Bonchev–Trinajstić information content (AvgIpc) is 3.67. The number of amides is 1. The number of hydrogen-bond acceptors (Lipinski definition) is 9. The molecule has 12 heteroatoms. The number of benzene rings is 3. The van der Waals surface area contributed by atoms with Crippen LogP contribution in [-0.4, -0.2) is 46.2 Å². The number of rotatable bonds is 23. The third kappa shape index (κ3) is 11.7. The molecule has 0 unspecified atom stereocenters. The number of nitrogens with one attached hydrogen (secondary N) is 3. The van der Waals surface area contributed by atoms with Crippen molar-refractivity contribution >= 4 is 57.1 Å². The number of carbonyl (C=O) groups is 1. The second kappa shape index (κ2) is 21.8. The zero-order chi connectivity index (χ0) is 39.7. The molecule has 0 fully saturated rings. The van der Waals surface area contributed by atoms with Crippen LogP contribution in [0.5, 0.6) is 5.75 Å². The second-order valence-corrected chi connectivity index (χ2v) is 14.3. The molecule has 0 radical (unpaired) electrons. The fourth-order valence-electron chi connectivity index (χ4n) is 6.62.